The first-order valence-corrected chi connectivity index (χ1v) is 8.46. The van der Waals surface area contributed by atoms with E-state index in [2.05, 4.69) is 22.6 Å². The van der Waals surface area contributed by atoms with Crippen LogP contribution in [-0.2, 0) is 4.74 Å². The van der Waals surface area contributed by atoms with Crippen molar-refractivity contribution in [1.29, 1.82) is 0 Å². The van der Waals surface area contributed by atoms with Crippen LogP contribution in [0.4, 0.5) is 0 Å². The van der Waals surface area contributed by atoms with Crippen molar-refractivity contribution in [3.05, 3.63) is 57.2 Å². The predicted molar refractivity (Wildman–Crippen MR) is 97.7 cm³/mol. The van der Waals surface area contributed by atoms with Crippen LogP contribution in [0.3, 0.4) is 0 Å². The van der Waals surface area contributed by atoms with E-state index in [0.29, 0.717) is 23.5 Å². The molecule has 0 saturated heterocycles. The van der Waals surface area contributed by atoms with Crippen molar-refractivity contribution in [1.82, 2.24) is 0 Å². The van der Waals surface area contributed by atoms with Crippen LogP contribution in [0.25, 0.3) is 0 Å². The van der Waals surface area contributed by atoms with E-state index in [4.69, 9.17) is 14.2 Å². The predicted octanol–water partition coefficient (Wildman–Crippen LogP) is 4.09. The molecular weight excluding hydrogens is 423 g/mol. The molecule has 0 saturated carbocycles. The number of halogens is 1. The lowest BCUT2D eigenvalue weighted by molar-refractivity contribution is 0.0504. The number of benzene rings is 2. The molecule has 0 N–H and O–H groups in total. The molecule has 0 aliphatic heterocycles. The van der Waals surface area contributed by atoms with Crippen molar-refractivity contribution in [2.24, 2.45) is 0 Å². The Morgan fingerprint density at radius 3 is 2.46 bits per heavy atom. The van der Waals surface area contributed by atoms with E-state index in [9.17, 15) is 9.59 Å². The lowest BCUT2D eigenvalue weighted by Gasteiger charge is -2.11. The van der Waals surface area contributed by atoms with Crippen LogP contribution in [0.2, 0.25) is 0 Å². The van der Waals surface area contributed by atoms with Crippen LogP contribution in [-0.4, -0.2) is 25.7 Å². The Morgan fingerprint density at radius 2 is 1.79 bits per heavy atom. The minimum Gasteiger partial charge on any atom is -0.493 e. The van der Waals surface area contributed by atoms with Crippen molar-refractivity contribution < 1.29 is 23.8 Å². The van der Waals surface area contributed by atoms with Crippen molar-refractivity contribution in [2.75, 3.05) is 13.7 Å². The fraction of sp³-hybridized carbons (Fsp3) is 0.222. The zero-order valence-electron chi connectivity index (χ0n) is 13.4. The van der Waals surface area contributed by atoms with Crippen molar-refractivity contribution in [3.8, 4) is 11.5 Å². The van der Waals surface area contributed by atoms with Gasteiger partial charge in [0.15, 0.2) is 11.5 Å². The summed E-state index contributed by atoms with van der Waals surface area (Å²) in [6.45, 7) is 2.27. The molecule has 6 heteroatoms. The average molecular weight is 440 g/mol. The summed E-state index contributed by atoms with van der Waals surface area (Å²) in [7, 11) is 1.44. The summed E-state index contributed by atoms with van der Waals surface area (Å²) in [4.78, 5) is 24.2. The summed E-state index contributed by atoms with van der Waals surface area (Å²) in [5, 5.41) is 0. The largest absolute Gasteiger partial charge is 0.493 e. The van der Waals surface area contributed by atoms with Crippen molar-refractivity contribution >= 4 is 34.5 Å². The summed E-state index contributed by atoms with van der Waals surface area (Å²) in [5.74, 6) is -0.389. The number of rotatable bonds is 6. The second-order valence-electron chi connectivity index (χ2n) is 4.87. The molecule has 2 aromatic rings. The Kier molecular flexibility index (Phi) is 6.60. The molecule has 0 aromatic heterocycles. The van der Waals surface area contributed by atoms with Gasteiger partial charge in [-0.05, 0) is 59.3 Å². The van der Waals surface area contributed by atoms with E-state index in [1.165, 1.54) is 19.2 Å². The third-order valence-corrected chi connectivity index (χ3v) is 4.07. The molecule has 0 aliphatic rings. The molecule has 0 heterocycles. The average Bonchev–Trinajstić information content (AvgIpc) is 2.60. The Hall–Kier alpha value is -2.09. The summed E-state index contributed by atoms with van der Waals surface area (Å²) in [6.07, 6.45) is 0.744. The van der Waals surface area contributed by atoms with Gasteiger partial charge in [0.2, 0.25) is 0 Å². The molecule has 2 rings (SSSR count). The third kappa shape index (κ3) is 4.47. The number of carbonyl (C=O) groups excluding carboxylic acids is 2. The van der Waals surface area contributed by atoms with Crippen LogP contribution in [0, 0.1) is 3.57 Å². The van der Waals surface area contributed by atoms with E-state index in [-0.39, 0.29) is 5.75 Å². The second-order valence-corrected chi connectivity index (χ2v) is 6.03. The van der Waals surface area contributed by atoms with Gasteiger partial charge < -0.3 is 14.2 Å². The number of esters is 2. The molecule has 0 spiro atoms. The Labute approximate surface area is 154 Å². The van der Waals surface area contributed by atoms with Gasteiger partial charge in [0.25, 0.3) is 0 Å². The maximum absolute atomic E-state index is 12.3. The van der Waals surface area contributed by atoms with Gasteiger partial charge >= 0.3 is 11.9 Å². The molecule has 2 aromatic carbocycles. The fourth-order valence-corrected chi connectivity index (χ4v) is 2.55. The number of ether oxygens (including phenoxy) is 3. The topological polar surface area (TPSA) is 61.8 Å². The summed E-state index contributed by atoms with van der Waals surface area (Å²) in [6, 6.07) is 11.7. The minimum atomic E-state index is -0.486. The Balaban J connectivity index is 2.20. The Morgan fingerprint density at radius 1 is 1.04 bits per heavy atom. The molecule has 24 heavy (non-hydrogen) atoms. The van der Waals surface area contributed by atoms with Crippen LogP contribution >= 0.6 is 22.6 Å². The highest BCUT2D eigenvalue weighted by molar-refractivity contribution is 14.1. The van der Waals surface area contributed by atoms with Crippen molar-refractivity contribution in [2.45, 2.75) is 13.3 Å². The molecule has 0 fully saturated rings. The third-order valence-electron chi connectivity index (χ3n) is 3.13. The zero-order chi connectivity index (χ0) is 17.5. The molecule has 0 amide bonds. The maximum Gasteiger partial charge on any atom is 0.344 e. The zero-order valence-corrected chi connectivity index (χ0v) is 15.5. The van der Waals surface area contributed by atoms with Crippen LogP contribution in [0.1, 0.15) is 34.1 Å². The summed E-state index contributed by atoms with van der Waals surface area (Å²) in [5.41, 5.74) is 0.806. The minimum absolute atomic E-state index is 0.245. The highest BCUT2D eigenvalue weighted by Gasteiger charge is 2.17. The molecular formula is C18H17IO5. The number of methoxy groups -OCH3 is 1. The van der Waals surface area contributed by atoms with Crippen LogP contribution < -0.4 is 9.47 Å². The molecule has 0 unspecified atom stereocenters. The molecule has 126 valence electrons. The number of carbonyl (C=O) groups is 2. The standard InChI is InChI=1S/C18H17IO5/c1-3-10-23-17(20)12-8-9-15(16(11-12)22-2)24-18(21)13-6-4-5-7-14(13)19/h4-9,11H,3,10H2,1-2H3. The number of hydrogen-bond acceptors (Lipinski definition) is 5. The number of hydrogen-bond donors (Lipinski definition) is 0. The first-order valence-electron chi connectivity index (χ1n) is 7.38. The lowest BCUT2D eigenvalue weighted by Crippen LogP contribution is -2.11. The molecule has 0 bridgehead atoms. The SMILES string of the molecule is CCCOC(=O)c1ccc(OC(=O)c2ccccc2I)c(OC)c1. The van der Waals surface area contributed by atoms with E-state index >= 15 is 0 Å². The molecule has 5 nitrogen and oxygen atoms in total. The molecule has 0 radical (unpaired) electrons. The quantitative estimate of drug-likeness (QED) is 0.385. The van der Waals surface area contributed by atoms with Gasteiger partial charge in [0.05, 0.1) is 24.8 Å². The van der Waals surface area contributed by atoms with Gasteiger partial charge in [0.1, 0.15) is 0 Å². The second kappa shape index (κ2) is 8.68. The normalized spacial score (nSPS) is 10.1. The van der Waals surface area contributed by atoms with Gasteiger partial charge in [-0.25, -0.2) is 9.59 Å². The van der Waals surface area contributed by atoms with Gasteiger partial charge in [-0.15, -0.1) is 0 Å². The van der Waals surface area contributed by atoms with Crippen LogP contribution in [0.15, 0.2) is 42.5 Å². The summed E-state index contributed by atoms with van der Waals surface area (Å²) < 4.78 is 16.5. The molecule has 0 atom stereocenters. The van der Waals surface area contributed by atoms with Gasteiger partial charge in [-0.2, -0.15) is 0 Å². The highest BCUT2D eigenvalue weighted by Crippen LogP contribution is 2.29. The van der Waals surface area contributed by atoms with E-state index in [0.717, 1.165) is 9.99 Å². The maximum atomic E-state index is 12.3. The van der Waals surface area contributed by atoms with E-state index < -0.39 is 11.9 Å². The molecule has 0 aliphatic carbocycles. The Bertz CT molecular complexity index is 742. The first-order chi connectivity index (χ1) is 11.6. The van der Waals surface area contributed by atoms with Crippen LogP contribution in [0.5, 0.6) is 11.5 Å². The highest BCUT2D eigenvalue weighted by atomic mass is 127. The van der Waals surface area contributed by atoms with E-state index in [1.54, 1.807) is 18.2 Å². The smallest absolute Gasteiger partial charge is 0.344 e. The van der Waals surface area contributed by atoms with Crippen molar-refractivity contribution in [3.63, 3.8) is 0 Å². The fourth-order valence-electron chi connectivity index (χ4n) is 1.94. The first kappa shape index (κ1) is 18.3. The lowest BCUT2D eigenvalue weighted by atomic mass is 10.2. The monoisotopic (exact) mass is 440 g/mol. The van der Waals surface area contributed by atoms with Gasteiger partial charge in [0, 0.05) is 3.57 Å². The van der Waals surface area contributed by atoms with E-state index in [1.807, 2.05) is 19.1 Å². The summed E-state index contributed by atoms with van der Waals surface area (Å²) >= 11 is 2.07. The van der Waals surface area contributed by atoms with Gasteiger partial charge in [-0.1, -0.05) is 19.1 Å². The van der Waals surface area contributed by atoms with Gasteiger partial charge in [-0.3, -0.25) is 0 Å².